The van der Waals surface area contributed by atoms with Crippen molar-refractivity contribution < 1.29 is 4.79 Å². The zero-order valence-electron chi connectivity index (χ0n) is 18.5. The molecule has 0 aliphatic rings. The number of fused-ring (bicyclic) bond motifs is 2. The Balaban J connectivity index is 1.19. The number of nitrogens with zero attached hydrogens (tertiary/aromatic N) is 1. The second-order valence-electron chi connectivity index (χ2n) is 8.12. The van der Waals surface area contributed by atoms with Crippen molar-refractivity contribution in [3.8, 4) is 0 Å². The number of carbonyl (C=O) groups is 1. The third kappa shape index (κ3) is 4.94. The fraction of sp³-hybridized carbons (Fsp3) is 0.111. The van der Waals surface area contributed by atoms with Gasteiger partial charge in [0.2, 0.25) is 5.91 Å². The number of rotatable bonds is 7. The van der Waals surface area contributed by atoms with Crippen LogP contribution in [0.2, 0.25) is 0 Å². The number of aromatic amines is 1. The predicted octanol–water partition coefficient (Wildman–Crippen LogP) is 5.29. The summed E-state index contributed by atoms with van der Waals surface area (Å²) in [7, 11) is 0. The van der Waals surface area contributed by atoms with Gasteiger partial charge in [0.1, 0.15) is 6.54 Å². The van der Waals surface area contributed by atoms with Gasteiger partial charge >= 0.3 is 0 Å². The third-order valence-electron chi connectivity index (χ3n) is 5.76. The first kappa shape index (κ1) is 21.7. The van der Waals surface area contributed by atoms with E-state index >= 15 is 0 Å². The van der Waals surface area contributed by atoms with Crippen LogP contribution in [-0.4, -0.2) is 27.1 Å². The van der Waals surface area contributed by atoms with Gasteiger partial charge in [-0.2, -0.15) is 0 Å². The quantitative estimate of drug-likeness (QED) is 0.245. The van der Waals surface area contributed by atoms with E-state index in [1.807, 2.05) is 71.4 Å². The Morgan fingerprint density at radius 2 is 1.74 bits per heavy atom. The first-order chi connectivity index (χ1) is 16.7. The molecule has 7 heteroatoms. The molecule has 5 rings (SSSR count). The lowest BCUT2D eigenvalue weighted by Crippen LogP contribution is -2.30. The molecule has 1 amide bonds. The van der Waals surface area contributed by atoms with Gasteiger partial charge < -0.3 is 25.5 Å². The molecule has 5 aromatic rings. The fourth-order valence-electron chi connectivity index (χ4n) is 4.10. The number of benzene rings is 3. The fourth-order valence-corrected chi connectivity index (χ4v) is 4.32. The number of carbonyl (C=O) groups excluding carboxylic acids is 1. The lowest BCUT2D eigenvalue weighted by molar-refractivity contribution is -0.116. The molecular formula is C27H25N5OS. The molecule has 0 unspecified atom stereocenters. The van der Waals surface area contributed by atoms with Crippen molar-refractivity contribution in [3.63, 3.8) is 0 Å². The van der Waals surface area contributed by atoms with Gasteiger partial charge in [0.25, 0.3) is 0 Å². The molecule has 170 valence electrons. The largest absolute Gasteiger partial charge is 0.362 e. The minimum Gasteiger partial charge on any atom is -0.362 e. The highest BCUT2D eigenvalue weighted by Crippen LogP contribution is 2.21. The van der Waals surface area contributed by atoms with Gasteiger partial charge in [-0.15, -0.1) is 0 Å². The summed E-state index contributed by atoms with van der Waals surface area (Å²) >= 11 is 5.50. The highest BCUT2D eigenvalue weighted by molar-refractivity contribution is 7.80. The van der Waals surface area contributed by atoms with E-state index < -0.39 is 0 Å². The molecule has 3 aromatic carbocycles. The molecule has 4 N–H and O–H groups in total. The summed E-state index contributed by atoms with van der Waals surface area (Å²) in [4.78, 5) is 15.8. The van der Waals surface area contributed by atoms with Crippen molar-refractivity contribution in [2.75, 3.05) is 17.2 Å². The standard InChI is InChI=1S/C27H25N5OS/c33-26(30-21-6-2-1-3-7-21)18-32-15-13-19-10-11-22(16-25(19)32)31-27(34)28-14-12-20-17-29-24-9-5-4-8-23(20)24/h1-11,13,15-17,29H,12,14,18H2,(H,30,33)(H2,28,31,34). The summed E-state index contributed by atoms with van der Waals surface area (Å²) < 4.78 is 1.94. The van der Waals surface area contributed by atoms with Gasteiger partial charge in [-0.25, -0.2) is 0 Å². The van der Waals surface area contributed by atoms with Gasteiger partial charge in [0.05, 0.1) is 5.52 Å². The van der Waals surface area contributed by atoms with Crippen LogP contribution < -0.4 is 16.0 Å². The van der Waals surface area contributed by atoms with Crippen molar-refractivity contribution in [2.24, 2.45) is 0 Å². The van der Waals surface area contributed by atoms with Crippen molar-refractivity contribution in [1.29, 1.82) is 0 Å². The van der Waals surface area contributed by atoms with E-state index in [-0.39, 0.29) is 12.5 Å². The van der Waals surface area contributed by atoms with Gasteiger partial charge in [-0.05, 0) is 66.0 Å². The topological polar surface area (TPSA) is 73.9 Å². The van der Waals surface area contributed by atoms with Crippen LogP contribution in [0.25, 0.3) is 21.8 Å². The SMILES string of the molecule is O=C(Cn1ccc2ccc(NC(=S)NCCc3c[nH]c4ccccc34)cc21)Nc1ccccc1. The Hall–Kier alpha value is -4.10. The van der Waals surface area contributed by atoms with E-state index in [2.05, 4.69) is 45.3 Å². The first-order valence-electron chi connectivity index (χ1n) is 11.2. The zero-order valence-corrected chi connectivity index (χ0v) is 19.4. The molecule has 0 radical (unpaired) electrons. The smallest absolute Gasteiger partial charge is 0.244 e. The summed E-state index contributed by atoms with van der Waals surface area (Å²) in [6, 6.07) is 25.8. The van der Waals surface area contributed by atoms with Gasteiger partial charge in [0.15, 0.2) is 5.11 Å². The van der Waals surface area contributed by atoms with Crippen LogP contribution in [0.4, 0.5) is 11.4 Å². The van der Waals surface area contributed by atoms with E-state index in [9.17, 15) is 4.79 Å². The van der Waals surface area contributed by atoms with Crippen molar-refractivity contribution in [3.05, 3.63) is 96.8 Å². The van der Waals surface area contributed by atoms with E-state index in [4.69, 9.17) is 12.2 Å². The number of aromatic nitrogens is 2. The molecule has 0 bridgehead atoms. The van der Waals surface area contributed by atoms with Crippen LogP contribution in [0.1, 0.15) is 5.56 Å². The van der Waals surface area contributed by atoms with Crippen LogP contribution in [-0.2, 0) is 17.8 Å². The number of thiocarbonyl (C=S) groups is 1. The molecular weight excluding hydrogens is 442 g/mol. The summed E-state index contributed by atoms with van der Waals surface area (Å²) in [5, 5.41) is 12.4. The Bertz CT molecular complexity index is 1450. The lowest BCUT2D eigenvalue weighted by atomic mass is 10.1. The molecule has 0 atom stereocenters. The molecule has 34 heavy (non-hydrogen) atoms. The Kier molecular flexibility index (Phi) is 6.27. The summed E-state index contributed by atoms with van der Waals surface area (Å²) in [6.45, 7) is 0.959. The van der Waals surface area contributed by atoms with E-state index in [1.165, 1.54) is 10.9 Å². The third-order valence-corrected chi connectivity index (χ3v) is 6.00. The van der Waals surface area contributed by atoms with Crippen molar-refractivity contribution in [2.45, 2.75) is 13.0 Å². The van der Waals surface area contributed by atoms with Crippen LogP contribution in [0.5, 0.6) is 0 Å². The number of para-hydroxylation sites is 2. The second kappa shape index (κ2) is 9.80. The maximum atomic E-state index is 12.5. The van der Waals surface area contributed by atoms with Gasteiger partial charge in [-0.1, -0.05) is 42.5 Å². The average molecular weight is 468 g/mol. The summed E-state index contributed by atoms with van der Waals surface area (Å²) in [5.41, 5.74) is 5.04. The number of hydrogen-bond donors (Lipinski definition) is 4. The molecule has 6 nitrogen and oxygen atoms in total. The molecule has 2 heterocycles. The lowest BCUT2D eigenvalue weighted by Gasteiger charge is -2.12. The van der Waals surface area contributed by atoms with E-state index in [0.717, 1.165) is 40.8 Å². The number of hydrogen-bond acceptors (Lipinski definition) is 2. The number of nitrogens with one attached hydrogen (secondary N) is 4. The number of amides is 1. The summed E-state index contributed by atoms with van der Waals surface area (Å²) in [5.74, 6) is -0.0727. The highest BCUT2D eigenvalue weighted by atomic mass is 32.1. The molecule has 0 saturated carbocycles. The molecule has 0 spiro atoms. The van der Waals surface area contributed by atoms with Crippen LogP contribution in [0.3, 0.4) is 0 Å². The minimum absolute atomic E-state index is 0.0727. The van der Waals surface area contributed by atoms with Gasteiger partial charge in [0, 0.05) is 41.2 Å². The Morgan fingerprint density at radius 3 is 2.62 bits per heavy atom. The predicted molar refractivity (Wildman–Crippen MR) is 143 cm³/mol. The second-order valence-corrected chi connectivity index (χ2v) is 8.53. The number of anilines is 2. The van der Waals surface area contributed by atoms with Crippen LogP contribution in [0.15, 0.2) is 91.3 Å². The molecule has 0 fully saturated rings. The normalized spacial score (nSPS) is 10.9. The molecule has 0 aliphatic carbocycles. The Morgan fingerprint density at radius 1 is 0.912 bits per heavy atom. The van der Waals surface area contributed by atoms with Crippen molar-refractivity contribution in [1.82, 2.24) is 14.9 Å². The maximum absolute atomic E-state index is 12.5. The van der Waals surface area contributed by atoms with Crippen LogP contribution >= 0.6 is 12.2 Å². The zero-order chi connectivity index (χ0) is 23.3. The highest BCUT2D eigenvalue weighted by Gasteiger charge is 2.09. The monoisotopic (exact) mass is 467 g/mol. The molecule has 2 aromatic heterocycles. The summed E-state index contributed by atoms with van der Waals surface area (Å²) in [6.07, 6.45) is 4.85. The van der Waals surface area contributed by atoms with E-state index in [1.54, 1.807) is 0 Å². The molecule has 0 saturated heterocycles. The first-order valence-corrected chi connectivity index (χ1v) is 11.6. The van der Waals surface area contributed by atoms with Crippen molar-refractivity contribution >= 4 is 56.4 Å². The Labute approximate surface area is 203 Å². The van der Waals surface area contributed by atoms with Gasteiger partial charge in [-0.3, -0.25) is 4.79 Å². The molecule has 0 aliphatic heterocycles. The van der Waals surface area contributed by atoms with Crippen LogP contribution in [0, 0.1) is 0 Å². The van der Waals surface area contributed by atoms with E-state index in [0.29, 0.717) is 5.11 Å². The minimum atomic E-state index is -0.0727. The average Bonchev–Trinajstić information content (AvgIpc) is 3.44. The number of H-pyrrole nitrogens is 1. The maximum Gasteiger partial charge on any atom is 0.244 e.